The molecule has 7 N–H and O–H groups in total. The van der Waals surface area contributed by atoms with Crippen molar-refractivity contribution in [3.05, 3.63) is 85.0 Å². The molecule has 3 aromatic rings. The summed E-state index contributed by atoms with van der Waals surface area (Å²) >= 11 is 12.8. The van der Waals surface area contributed by atoms with Crippen LogP contribution in [-0.2, 0) is 27.6 Å². The second kappa shape index (κ2) is 15.1. The van der Waals surface area contributed by atoms with E-state index in [-0.39, 0.29) is 22.9 Å². The molecule has 0 aliphatic rings. The second-order valence-corrected chi connectivity index (χ2v) is 10.5. The molecule has 0 aliphatic carbocycles. The maximum atomic E-state index is 13.2. The van der Waals surface area contributed by atoms with Gasteiger partial charge >= 0.3 is 11.7 Å². The van der Waals surface area contributed by atoms with E-state index in [9.17, 15) is 19.2 Å². The lowest BCUT2D eigenvalue weighted by Crippen LogP contribution is -2.43. The number of benzene rings is 2. The highest BCUT2D eigenvalue weighted by molar-refractivity contribution is 7.03. The van der Waals surface area contributed by atoms with Crippen LogP contribution >= 0.6 is 34.7 Å². The Kier molecular flexibility index (Phi) is 11.6. The van der Waals surface area contributed by atoms with Crippen LogP contribution in [-0.4, -0.2) is 51.4 Å². The molecule has 1 aromatic heterocycles. The number of nitrogens with two attached hydrogens (primary N) is 3. The van der Waals surface area contributed by atoms with Crippen LogP contribution in [0.4, 0.5) is 0 Å². The first-order valence-corrected chi connectivity index (χ1v) is 13.7. The molecule has 0 unspecified atom stereocenters. The summed E-state index contributed by atoms with van der Waals surface area (Å²) in [5.74, 6) is -2.08. The SMILES string of the molecule is NC(N)=NCCC[C@H](N)C(=O)NCC(=O)OCn1c(=NC(=O)c2ccc(Cl)cc2)sn(Cc2ccc(Cl)cc2)c1=O. The number of aromatic nitrogens is 2. The van der Waals surface area contributed by atoms with Crippen LogP contribution in [0.5, 0.6) is 0 Å². The first-order valence-electron chi connectivity index (χ1n) is 12.2. The van der Waals surface area contributed by atoms with Gasteiger partial charge in [0.1, 0.15) is 6.54 Å². The molecule has 3 rings (SSSR count). The van der Waals surface area contributed by atoms with Crippen LogP contribution in [0, 0.1) is 0 Å². The number of nitrogens with zero attached hydrogens (tertiary/aromatic N) is 4. The van der Waals surface area contributed by atoms with Crippen molar-refractivity contribution in [2.75, 3.05) is 13.1 Å². The lowest BCUT2D eigenvalue weighted by molar-refractivity contribution is -0.147. The largest absolute Gasteiger partial charge is 0.442 e. The van der Waals surface area contributed by atoms with Crippen LogP contribution in [0.25, 0.3) is 0 Å². The van der Waals surface area contributed by atoms with Gasteiger partial charge in [-0.3, -0.25) is 19.4 Å². The monoisotopic (exact) mass is 622 g/mol. The number of rotatable bonds is 12. The summed E-state index contributed by atoms with van der Waals surface area (Å²) in [5, 5.41) is 3.37. The first kappa shape index (κ1) is 31.5. The zero-order valence-electron chi connectivity index (χ0n) is 21.7. The quantitative estimate of drug-likeness (QED) is 0.0982. The summed E-state index contributed by atoms with van der Waals surface area (Å²) < 4.78 is 7.60. The minimum absolute atomic E-state index is 0.00328. The Labute approximate surface area is 248 Å². The third-order valence-electron chi connectivity index (χ3n) is 5.46. The van der Waals surface area contributed by atoms with E-state index in [1.807, 2.05) is 0 Å². The Morgan fingerprint density at radius 3 is 2.29 bits per heavy atom. The van der Waals surface area contributed by atoms with Crippen molar-refractivity contribution in [2.45, 2.75) is 32.2 Å². The molecule has 16 heteroatoms. The van der Waals surface area contributed by atoms with Crippen molar-refractivity contribution in [1.82, 2.24) is 13.8 Å². The van der Waals surface area contributed by atoms with E-state index in [1.54, 1.807) is 36.4 Å². The van der Waals surface area contributed by atoms with Gasteiger partial charge < -0.3 is 27.3 Å². The van der Waals surface area contributed by atoms with E-state index in [2.05, 4.69) is 15.3 Å². The summed E-state index contributed by atoms with van der Waals surface area (Å²) in [4.78, 5) is 58.4. The van der Waals surface area contributed by atoms with Crippen molar-refractivity contribution in [3.8, 4) is 0 Å². The van der Waals surface area contributed by atoms with E-state index in [0.29, 0.717) is 29.4 Å². The van der Waals surface area contributed by atoms with E-state index in [4.69, 9.17) is 45.1 Å². The maximum absolute atomic E-state index is 13.2. The number of carbonyl (C=O) groups is 3. The van der Waals surface area contributed by atoms with Crippen LogP contribution in [0.15, 0.2) is 63.3 Å². The third-order valence-corrected chi connectivity index (χ3v) is 6.95. The predicted molar refractivity (Wildman–Crippen MR) is 155 cm³/mol. The summed E-state index contributed by atoms with van der Waals surface area (Å²) in [5.41, 5.74) is 16.8. The van der Waals surface area contributed by atoms with Crippen LogP contribution in [0.1, 0.15) is 28.8 Å². The van der Waals surface area contributed by atoms with Gasteiger partial charge in [0.25, 0.3) is 5.91 Å². The van der Waals surface area contributed by atoms with E-state index in [1.165, 1.54) is 16.1 Å². The van der Waals surface area contributed by atoms with Gasteiger partial charge in [-0.2, -0.15) is 4.99 Å². The summed E-state index contributed by atoms with van der Waals surface area (Å²) in [7, 11) is 0. The Bertz CT molecular complexity index is 1530. The molecular weight excluding hydrogens is 595 g/mol. The normalized spacial score (nSPS) is 12.0. The van der Waals surface area contributed by atoms with Gasteiger partial charge in [-0.15, -0.1) is 0 Å². The Balaban J connectivity index is 1.71. The van der Waals surface area contributed by atoms with Crippen LogP contribution in [0.3, 0.4) is 0 Å². The number of hydrogen-bond acceptors (Lipinski definition) is 8. The fourth-order valence-electron chi connectivity index (χ4n) is 3.32. The number of nitrogens with one attached hydrogen (secondary N) is 1. The fourth-order valence-corrected chi connectivity index (χ4v) is 4.51. The van der Waals surface area contributed by atoms with E-state index >= 15 is 0 Å². The van der Waals surface area contributed by atoms with Crippen molar-refractivity contribution < 1.29 is 19.1 Å². The molecular formula is C25H28Cl2N8O5S. The third kappa shape index (κ3) is 9.86. The predicted octanol–water partition coefficient (Wildman–Crippen LogP) is 0.805. The molecule has 2 amide bonds. The number of hydrogen-bond donors (Lipinski definition) is 4. The second-order valence-electron chi connectivity index (χ2n) is 8.59. The highest BCUT2D eigenvalue weighted by Crippen LogP contribution is 2.12. The first-order chi connectivity index (χ1) is 19.5. The summed E-state index contributed by atoms with van der Waals surface area (Å²) in [6.07, 6.45) is 0.761. The zero-order valence-corrected chi connectivity index (χ0v) is 24.0. The molecule has 2 aromatic carbocycles. The fraction of sp³-hybridized carbons (Fsp3) is 0.280. The standard InChI is InChI=1S/C25H28Cl2N8O5S/c26-17-7-3-15(4-8-17)13-35-25(39)34(24(41-35)33-21(37)16-5-9-18(27)10-6-16)14-40-20(36)12-32-22(38)19(28)2-1-11-31-23(29)30/h3-10,19H,1-2,11-14,28H2,(H,32,38)(H4,29,30,31)/t19-/m0/s1. The molecule has 0 spiro atoms. The minimum atomic E-state index is -0.882. The Morgan fingerprint density at radius 1 is 1.02 bits per heavy atom. The zero-order chi connectivity index (χ0) is 29.9. The van der Waals surface area contributed by atoms with Crippen molar-refractivity contribution >= 4 is 58.5 Å². The van der Waals surface area contributed by atoms with E-state index < -0.39 is 42.8 Å². The van der Waals surface area contributed by atoms with Crippen molar-refractivity contribution in [3.63, 3.8) is 0 Å². The molecule has 0 saturated heterocycles. The lowest BCUT2D eigenvalue weighted by Gasteiger charge is -2.11. The van der Waals surface area contributed by atoms with Gasteiger partial charge in [-0.05, 0) is 66.3 Å². The Hall–Kier alpha value is -3.98. The van der Waals surface area contributed by atoms with Crippen molar-refractivity contribution in [2.24, 2.45) is 27.2 Å². The van der Waals surface area contributed by atoms with Gasteiger partial charge in [0.05, 0.1) is 12.6 Å². The topological polar surface area (TPSA) is 202 Å². The van der Waals surface area contributed by atoms with Crippen molar-refractivity contribution in [1.29, 1.82) is 0 Å². The number of aliphatic imine (C=N–C) groups is 1. The number of amides is 2. The molecule has 1 atom stereocenters. The highest BCUT2D eigenvalue weighted by atomic mass is 35.5. The number of ether oxygens (including phenoxy) is 1. The molecule has 218 valence electrons. The molecule has 1 heterocycles. The summed E-state index contributed by atoms with van der Waals surface area (Å²) in [6, 6.07) is 12.1. The van der Waals surface area contributed by atoms with Gasteiger partial charge in [-0.1, -0.05) is 35.3 Å². The maximum Gasteiger partial charge on any atom is 0.342 e. The average Bonchev–Trinajstić information content (AvgIpc) is 3.22. The van der Waals surface area contributed by atoms with Crippen LogP contribution < -0.4 is 33.0 Å². The molecule has 0 saturated carbocycles. The molecule has 13 nitrogen and oxygen atoms in total. The summed E-state index contributed by atoms with van der Waals surface area (Å²) in [6.45, 7) is -0.557. The molecule has 0 fully saturated rings. The molecule has 0 bridgehead atoms. The molecule has 0 aliphatic heterocycles. The van der Waals surface area contributed by atoms with Crippen LogP contribution in [0.2, 0.25) is 10.0 Å². The number of guanidine groups is 1. The smallest absolute Gasteiger partial charge is 0.342 e. The molecule has 41 heavy (non-hydrogen) atoms. The molecule has 0 radical (unpaired) electrons. The minimum Gasteiger partial charge on any atom is -0.442 e. The lowest BCUT2D eigenvalue weighted by atomic mass is 10.1. The van der Waals surface area contributed by atoms with E-state index in [0.717, 1.165) is 21.7 Å². The number of esters is 1. The highest BCUT2D eigenvalue weighted by Gasteiger charge is 2.17. The van der Waals surface area contributed by atoms with Gasteiger partial charge in [-0.25, -0.2) is 13.3 Å². The van der Waals surface area contributed by atoms with Gasteiger partial charge in [0, 0.05) is 22.2 Å². The average molecular weight is 624 g/mol. The van der Waals surface area contributed by atoms with Gasteiger partial charge in [0.2, 0.25) is 10.7 Å². The number of halogens is 2. The Morgan fingerprint density at radius 2 is 1.66 bits per heavy atom. The van der Waals surface area contributed by atoms with Gasteiger partial charge in [0.15, 0.2) is 12.7 Å². The number of carbonyl (C=O) groups excluding carboxylic acids is 3.